The fourth-order valence-electron chi connectivity index (χ4n) is 7.14. The number of hydrogen-bond donors (Lipinski definition) is 2. The van der Waals surface area contributed by atoms with Crippen LogP contribution in [0.3, 0.4) is 0 Å². The molecule has 3 nitrogen and oxygen atoms in total. The van der Waals surface area contributed by atoms with Crippen molar-refractivity contribution in [1.82, 2.24) is 0 Å². The maximum absolute atomic E-state index is 11.9. The molecule has 8 atom stereocenters. The first-order chi connectivity index (χ1) is 10.4. The van der Waals surface area contributed by atoms with Gasteiger partial charge < -0.3 is 10.2 Å². The molecule has 0 amide bonds. The summed E-state index contributed by atoms with van der Waals surface area (Å²) in [5, 5.41) is 21.5. The Morgan fingerprint density at radius 3 is 2.59 bits per heavy atom. The lowest BCUT2D eigenvalue weighted by Gasteiger charge is -2.61. The third-order valence-electron chi connectivity index (χ3n) is 8.36. The Balaban J connectivity index is 1.69. The summed E-state index contributed by atoms with van der Waals surface area (Å²) in [6, 6.07) is 0. The first kappa shape index (κ1) is 15.1. The summed E-state index contributed by atoms with van der Waals surface area (Å²) in [5.74, 6) is 2.34. The molecule has 4 saturated carbocycles. The highest BCUT2D eigenvalue weighted by atomic mass is 16.3. The van der Waals surface area contributed by atoms with Gasteiger partial charge in [0.1, 0.15) is 5.78 Å². The van der Waals surface area contributed by atoms with Crippen LogP contribution in [0.1, 0.15) is 65.2 Å². The molecular formula is C19H30O3. The fourth-order valence-corrected chi connectivity index (χ4v) is 7.14. The molecule has 4 rings (SSSR count). The van der Waals surface area contributed by atoms with Gasteiger partial charge in [-0.3, -0.25) is 4.79 Å². The van der Waals surface area contributed by atoms with Crippen molar-refractivity contribution in [1.29, 1.82) is 0 Å². The van der Waals surface area contributed by atoms with Gasteiger partial charge in [0.15, 0.2) is 0 Å². The monoisotopic (exact) mass is 306 g/mol. The molecule has 0 spiro atoms. The molecule has 0 saturated heterocycles. The van der Waals surface area contributed by atoms with E-state index in [1.807, 2.05) is 0 Å². The second-order valence-electron chi connectivity index (χ2n) is 9.19. The van der Waals surface area contributed by atoms with Crippen molar-refractivity contribution >= 4 is 5.78 Å². The van der Waals surface area contributed by atoms with Crippen LogP contribution < -0.4 is 0 Å². The molecule has 0 aliphatic heterocycles. The second-order valence-corrected chi connectivity index (χ2v) is 9.19. The SMILES string of the molecule is C[C@]12CCC(=O)C[C@@H]1CC[C@H]1[C@H]2[C@H](O)C[C@@]2(C)[C@@H]1CC[C@@H]2O. The molecule has 2 N–H and O–H groups in total. The van der Waals surface area contributed by atoms with E-state index >= 15 is 0 Å². The van der Waals surface area contributed by atoms with Crippen molar-refractivity contribution in [2.75, 3.05) is 0 Å². The number of carbonyl (C=O) groups excluding carboxylic acids is 1. The fraction of sp³-hybridized carbons (Fsp3) is 0.947. The highest BCUT2D eigenvalue weighted by Gasteiger charge is 2.62. The van der Waals surface area contributed by atoms with Gasteiger partial charge in [-0.05, 0) is 73.0 Å². The zero-order chi connectivity index (χ0) is 15.7. The van der Waals surface area contributed by atoms with Crippen molar-refractivity contribution in [2.24, 2.45) is 34.5 Å². The third-order valence-corrected chi connectivity index (χ3v) is 8.36. The topological polar surface area (TPSA) is 57.5 Å². The smallest absolute Gasteiger partial charge is 0.133 e. The van der Waals surface area contributed by atoms with Gasteiger partial charge in [-0.15, -0.1) is 0 Å². The minimum Gasteiger partial charge on any atom is -0.393 e. The highest BCUT2D eigenvalue weighted by Crippen LogP contribution is 2.65. The van der Waals surface area contributed by atoms with Crippen LogP contribution in [0.15, 0.2) is 0 Å². The average Bonchev–Trinajstić information content (AvgIpc) is 2.75. The predicted octanol–water partition coefficient (Wildman–Crippen LogP) is 2.93. The summed E-state index contributed by atoms with van der Waals surface area (Å²) < 4.78 is 0. The number of aliphatic hydroxyl groups is 2. The van der Waals surface area contributed by atoms with Gasteiger partial charge in [0.2, 0.25) is 0 Å². The van der Waals surface area contributed by atoms with Crippen molar-refractivity contribution in [2.45, 2.75) is 77.4 Å². The number of fused-ring (bicyclic) bond motifs is 5. The summed E-state index contributed by atoms with van der Waals surface area (Å²) in [4.78, 5) is 11.9. The Morgan fingerprint density at radius 1 is 1.05 bits per heavy atom. The van der Waals surface area contributed by atoms with Gasteiger partial charge in [0, 0.05) is 12.8 Å². The lowest BCUT2D eigenvalue weighted by Crippen LogP contribution is -2.59. The van der Waals surface area contributed by atoms with Gasteiger partial charge >= 0.3 is 0 Å². The van der Waals surface area contributed by atoms with Crippen molar-refractivity contribution in [3.8, 4) is 0 Å². The van der Waals surface area contributed by atoms with E-state index in [9.17, 15) is 15.0 Å². The van der Waals surface area contributed by atoms with Crippen molar-refractivity contribution in [3.05, 3.63) is 0 Å². The Hall–Kier alpha value is -0.410. The predicted molar refractivity (Wildman–Crippen MR) is 84.1 cm³/mol. The number of Topliss-reactive ketones (excluding diaryl/α,β-unsaturated/α-hetero) is 1. The lowest BCUT2D eigenvalue weighted by atomic mass is 9.44. The number of aliphatic hydroxyl groups excluding tert-OH is 2. The van der Waals surface area contributed by atoms with Crippen LogP contribution in [-0.2, 0) is 4.79 Å². The average molecular weight is 306 g/mol. The van der Waals surface area contributed by atoms with Gasteiger partial charge in [-0.25, -0.2) is 0 Å². The highest BCUT2D eigenvalue weighted by molar-refractivity contribution is 5.79. The van der Waals surface area contributed by atoms with Crippen molar-refractivity contribution < 1.29 is 15.0 Å². The number of rotatable bonds is 0. The minimum atomic E-state index is -0.306. The van der Waals surface area contributed by atoms with Gasteiger partial charge in [0.25, 0.3) is 0 Å². The van der Waals surface area contributed by atoms with E-state index in [0.717, 1.165) is 44.9 Å². The summed E-state index contributed by atoms with van der Waals surface area (Å²) in [6.07, 6.45) is 6.88. The summed E-state index contributed by atoms with van der Waals surface area (Å²) >= 11 is 0. The summed E-state index contributed by atoms with van der Waals surface area (Å²) in [6.45, 7) is 4.55. The largest absolute Gasteiger partial charge is 0.393 e. The van der Waals surface area contributed by atoms with E-state index in [1.54, 1.807) is 0 Å². The molecule has 4 fully saturated rings. The van der Waals surface area contributed by atoms with Crippen LogP contribution in [0.5, 0.6) is 0 Å². The van der Waals surface area contributed by atoms with Crippen molar-refractivity contribution in [3.63, 3.8) is 0 Å². The van der Waals surface area contributed by atoms with Gasteiger partial charge in [0.05, 0.1) is 12.2 Å². The standard InChI is InChI=1S/C19H30O3/c1-18-8-7-12(20)9-11(18)3-4-13-14-5-6-16(22)19(14,2)10-15(21)17(13)18/h11,13-17,21-22H,3-10H2,1-2H3/t11-,13+,14+,15+,16-,17-,18-,19-/m0/s1. The van der Waals surface area contributed by atoms with Crippen LogP contribution in [0.4, 0.5) is 0 Å². The van der Waals surface area contributed by atoms with E-state index in [4.69, 9.17) is 0 Å². The van der Waals surface area contributed by atoms with E-state index < -0.39 is 0 Å². The zero-order valence-corrected chi connectivity index (χ0v) is 13.9. The number of carbonyl (C=O) groups is 1. The van der Waals surface area contributed by atoms with Crippen LogP contribution in [-0.4, -0.2) is 28.2 Å². The molecule has 0 heterocycles. The van der Waals surface area contributed by atoms with Crippen LogP contribution >= 0.6 is 0 Å². The first-order valence-electron chi connectivity index (χ1n) is 9.24. The Kier molecular flexibility index (Phi) is 3.30. The van der Waals surface area contributed by atoms with Crippen LogP contribution in [0.25, 0.3) is 0 Å². The molecule has 0 radical (unpaired) electrons. The first-order valence-corrected chi connectivity index (χ1v) is 9.24. The van der Waals surface area contributed by atoms with E-state index in [-0.39, 0.29) is 23.0 Å². The second kappa shape index (κ2) is 4.80. The molecule has 0 unspecified atom stereocenters. The lowest BCUT2D eigenvalue weighted by molar-refractivity contribution is -0.177. The van der Waals surface area contributed by atoms with E-state index in [1.165, 1.54) is 0 Å². The van der Waals surface area contributed by atoms with E-state index in [0.29, 0.717) is 35.9 Å². The van der Waals surface area contributed by atoms with Gasteiger partial charge in [-0.2, -0.15) is 0 Å². The molecule has 4 aliphatic rings. The van der Waals surface area contributed by atoms with Crippen LogP contribution in [0.2, 0.25) is 0 Å². The third kappa shape index (κ3) is 1.84. The van der Waals surface area contributed by atoms with Crippen LogP contribution in [0, 0.1) is 34.5 Å². The maximum atomic E-state index is 11.9. The molecule has 124 valence electrons. The molecule has 4 aliphatic carbocycles. The Labute approximate surface area is 133 Å². The number of hydrogen-bond acceptors (Lipinski definition) is 3. The molecule has 3 heteroatoms. The molecule has 0 aromatic heterocycles. The zero-order valence-electron chi connectivity index (χ0n) is 13.9. The Morgan fingerprint density at radius 2 is 1.82 bits per heavy atom. The molecular weight excluding hydrogens is 276 g/mol. The molecule has 0 aromatic rings. The molecule has 0 aromatic carbocycles. The summed E-state index contributed by atoms with van der Waals surface area (Å²) in [7, 11) is 0. The maximum Gasteiger partial charge on any atom is 0.133 e. The van der Waals surface area contributed by atoms with Gasteiger partial charge in [-0.1, -0.05) is 13.8 Å². The van der Waals surface area contributed by atoms with E-state index in [2.05, 4.69) is 13.8 Å². The quantitative estimate of drug-likeness (QED) is 0.723. The Bertz CT molecular complexity index is 489. The normalized spacial score (nSPS) is 57.9. The molecule has 22 heavy (non-hydrogen) atoms. The minimum absolute atomic E-state index is 0.0890. The summed E-state index contributed by atoms with van der Waals surface area (Å²) in [5.41, 5.74) is 0.0411. The molecule has 0 bridgehead atoms. The number of ketones is 1.